The molecule has 0 bridgehead atoms. The van der Waals surface area contributed by atoms with Crippen LogP contribution in [0.2, 0.25) is 5.02 Å². The molecule has 0 unspecified atom stereocenters. The van der Waals surface area contributed by atoms with Gasteiger partial charge >= 0.3 is 0 Å². The van der Waals surface area contributed by atoms with Crippen LogP contribution in [0.25, 0.3) is 0 Å². The number of anilines is 1. The van der Waals surface area contributed by atoms with E-state index >= 15 is 0 Å². The fourth-order valence-corrected chi connectivity index (χ4v) is 5.25. The molecule has 1 aliphatic rings. The molecule has 0 radical (unpaired) electrons. The number of nitrogens with zero attached hydrogens (tertiary/aromatic N) is 2. The predicted molar refractivity (Wildman–Crippen MR) is 118 cm³/mol. The summed E-state index contributed by atoms with van der Waals surface area (Å²) >= 11 is 6.14. The Bertz CT molecular complexity index is 1210. The molecular formula is C23H20ClN3O2S. The Hall–Kier alpha value is -2.85. The lowest BCUT2D eigenvalue weighted by atomic mass is 9.96. The van der Waals surface area contributed by atoms with Crippen LogP contribution in [0.5, 0.6) is 0 Å². The first kappa shape index (κ1) is 20.4. The van der Waals surface area contributed by atoms with Crippen molar-refractivity contribution in [1.82, 2.24) is 4.72 Å². The summed E-state index contributed by atoms with van der Waals surface area (Å²) in [4.78, 5) is 2.37. The van der Waals surface area contributed by atoms with Crippen molar-refractivity contribution in [2.24, 2.45) is 0 Å². The van der Waals surface area contributed by atoms with E-state index in [1.807, 2.05) is 36.4 Å². The highest BCUT2D eigenvalue weighted by atomic mass is 35.5. The van der Waals surface area contributed by atoms with Gasteiger partial charge in [0.1, 0.15) is 0 Å². The Morgan fingerprint density at radius 3 is 2.60 bits per heavy atom. The minimum Gasteiger partial charge on any atom is -0.365 e. The van der Waals surface area contributed by atoms with E-state index in [9.17, 15) is 13.7 Å². The number of nitriles is 1. The predicted octanol–water partition coefficient (Wildman–Crippen LogP) is 4.12. The maximum absolute atomic E-state index is 12.8. The van der Waals surface area contributed by atoms with E-state index in [4.69, 9.17) is 11.6 Å². The molecule has 3 aromatic rings. The Kier molecular flexibility index (Phi) is 5.78. The van der Waals surface area contributed by atoms with Gasteiger partial charge in [0.2, 0.25) is 10.0 Å². The fraction of sp³-hybridized carbons (Fsp3) is 0.174. The normalized spacial score (nSPS) is 16.0. The van der Waals surface area contributed by atoms with Crippen molar-refractivity contribution < 1.29 is 8.42 Å². The van der Waals surface area contributed by atoms with Gasteiger partial charge in [0, 0.05) is 29.8 Å². The van der Waals surface area contributed by atoms with E-state index in [1.165, 1.54) is 0 Å². The highest BCUT2D eigenvalue weighted by Gasteiger charge is 2.28. The van der Waals surface area contributed by atoms with Crippen molar-refractivity contribution in [2.45, 2.75) is 23.9 Å². The molecule has 30 heavy (non-hydrogen) atoms. The first-order valence-electron chi connectivity index (χ1n) is 9.54. The zero-order valence-electron chi connectivity index (χ0n) is 16.1. The summed E-state index contributed by atoms with van der Waals surface area (Å²) in [6, 6.07) is 23.4. The first-order valence-corrected chi connectivity index (χ1v) is 11.4. The molecule has 0 saturated carbocycles. The Morgan fingerprint density at radius 2 is 1.87 bits per heavy atom. The van der Waals surface area contributed by atoms with Gasteiger partial charge in [-0.05, 0) is 60.0 Å². The molecule has 1 heterocycles. The third-order valence-electron chi connectivity index (χ3n) is 5.09. The van der Waals surface area contributed by atoms with Crippen molar-refractivity contribution in [1.29, 1.82) is 5.26 Å². The minimum absolute atomic E-state index is 0.239. The third-order valence-corrected chi connectivity index (χ3v) is 6.87. The van der Waals surface area contributed by atoms with Crippen LogP contribution in [0.1, 0.15) is 16.7 Å². The smallest absolute Gasteiger partial charge is 0.240 e. The van der Waals surface area contributed by atoms with Crippen LogP contribution < -0.4 is 9.62 Å². The summed E-state index contributed by atoms with van der Waals surface area (Å²) in [5, 5.41) is 9.94. The van der Waals surface area contributed by atoms with Crippen LogP contribution >= 0.6 is 11.6 Å². The number of rotatable bonds is 5. The monoisotopic (exact) mass is 437 g/mol. The van der Waals surface area contributed by atoms with Crippen LogP contribution in [0.15, 0.2) is 77.7 Å². The number of fused-ring (bicyclic) bond motifs is 1. The second-order valence-corrected chi connectivity index (χ2v) is 9.45. The zero-order chi connectivity index (χ0) is 21.1. The van der Waals surface area contributed by atoms with Gasteiger partial charge in [-0.15, -0.1) is 0 Å². The summed E-state index contributed by atoms with van der Waals surface area (Å²) in [5.41, 5.74) is 3.54. The van der Waals surface area contributed by atoms with Crippen LogP contribution in [0, 0.1) is 11.3 Å². The Morgan fingerprint density at radius 1 is 1.07 bits per heavy atom. The maximum Gasteiger partial charge on any atom is 0.240 e. The van der Waals surface area contributed by atoms with Gasteiger partial charge < -0.3 is 4.90 Å². The van der Waals surface area contributed by atoms with Crippen LogP contribution in [-0.2, 0) is 23.0 Å². The molecule has 1 atom stereocenters. The van der Waals surface area contributed by atoms with Gasteiger partial charge in [-0.2, -0.15) is 5.26 Å². The molecule has 0 aromatic heterocycles. The fourth-order valence-electron chi connectivity index (χ4n) is 3.79. The van der Waals surface area contributed by atoms with Crippen molar-refractivity contribution in [3.63, 3.8) is 0 Å². The summed E-state index contributed by atoms with van der Waals surface area (Å²) in [6.07, 6.45) is 0.517. The van der Waals surface area contributed by atoms with Crippen molar-refractivity contribution in [3.05, 3.63) is 94.5 Å². The average molecular weight is 438 g/mol. The molecule has 5 nitrogen and oxygen atoms in total. The lowest BCUT2D eigenvalue weighted by Gasteiger charge is -2.36. The topological polar surface area (TPSA) is 73.2 Å². The van der Waals surface area contributed by atoms with Gasteiger partial charge in [0.25, 0.3) is 0 Å². The minimum atomic E-state index is -3.64. The number of nitrogens with one attached hydrogen (secondary N) is 1. The molecule has 152 valence electrons. The van der Waals surface area contributed by atoms with E-state index in [0.29, 0.717) is 30.1 Å². The van der Waals surface area contributed by atoms with E-state index in [-0.39, 0.29) is 10.9 Å². The van der Waals surface area contributed by atoms with Gasteiger partial charge in [-0.1, -0.05) is 41.9 Å². The number of hydrogen-bond donors (Lipinski definition) is 1. The second kappa shape index (κ2) is 8.49. The van der Waals surface area contributed by atoms with Crippen LogP contribution in [0.4, 0.5) is 5.69 Å². The van der Waals surface area contributed by atoms with Crippen molar-refractivity contribution in [3.8, 4) is 6.07 Å². The van der Waals surface area contributed by atoms with Crippen LogP contribution in [0.3, 0.4) is 0 Å². The van der Waals surface area contributed by atoms with Crippen molar-refractivity contribution in [2.75, 3.05) is 11.4 Å². The molecule has 7 heteroatoms. The van der Waals surface area contributed by atoms with Gasteiger partial charge in [-0.25, -0.2) is 13.1 Å². The summed E-state index contributed by atoms with van der Waals surface area (Å²) in [7, 11) is -3.64. The van der Waals surface area contributed by atoms with E-state index in [0.717, 1.165) is 16.8 Å². The third kappa shape index (κ3) is 4.49. The SMILES string of the molecule is N#Cc1ccc2c(c1)C[C@H](NS(=O)(=O)c1ccccc1)CN2Cc1cccc(Cl)c1. The van der Waals surface area contributed by atoms with E-state index < -0.39 is 10.0 Å². The first-order chi connectivity index (χ1) is 14.4. The number of hydrogen-bond acceptors (Lipinski definition) is 4. The largest absolute Gasteiger partial charge is 0.365 e. The summed E-state index contributed by atoms with van der Waals surface area (Å²) < 4.78 is 28.5. The van der Waals surface area contributed by atoms with E-state index in [2.05, 4.69) is 15.7 Å². The molecule has 1 N–H and O–H groups in total. The Labute approximate surface area is 181 Å². The van der Waals surface area contributed by atoms with Gasteiger partial charge in [-0.3, -0.25) is 0 Å². The molecule has 0 spiro atoms. The molecule has 4 rings (SSSR count). The molecule has 0 fully saturated rings. The molecule has 0 aliphatic carbocycles. The lowest BCUT2D eigenvalue weighted by Crippen LogP contribution is -2.48. The Balaban J connectivity index is 1.64. The zero-order valence-corrected chi connectivity index (χ0v) is 17.7. The molecular weight excluding hydrogens is 418 g/mol. The molecule has 1 aliphatic heterocycles. The van der Waals surface area contributed by atoms with Crippen LogP contribution in [-0.4, -0.2) is 21.0 Å². The lowest BCUT2D eigenvalue weighted by molar-refractivity contribution is 0.524. The number of halogens is 1. The highest BCUT2D eigenvalue weighted by Crippen LogP contribution is 2.30. The molecule has 3 aromatic carbocycles. The van der Waals surface area contributed by atoms with Gasteiger partial charge in [0.15, 0.2) is 0 Å². The quantitative estimate of drug-likeness (QED) is 0.651. The number of sulfonamides is 1. The summed E-state index contributed by atoms with van der Waals surface area (Å²) in [5.74, 6) is 0. The maximum atomic E-state index is 12.8. The number of benzene rings is 3. The van der Waals surface area contributed by atoms with Crippen molar-refractivity contribution >= 4 is 27.3 Å². The average Bonchev–Trinajstić information content (AvgIpc) is 2.73. The summed E-state index contributed by atoms with van der Waals surface area (Å²) in [6.45, 7) is 1.10. The molecule has 0 saturated heterocycles. The van der Waals surface area contributed by atoms with Gasteiger partial charge in [0.05, 0.1) is 16.5 Å². The standard InChI is InChI=1S/C23H20ClN3O2S/c24-20-6-4-5-18(12-20)15-27-16-21(13-19-11-17(14-25)9-10-23(19)27)26-30(28,29)22-7-2-1-3-8-22/h1-12,21,26H,13,15-16H2/t21-/m0/s1. The highest BCUT2D eigenvalue weighted by molar-refractivity contribution is 7.89. The van der Waals surface area contributed by atoms with E-state index in [1.54, 1.807) is 36.4 Å². The molecule has 0 amide bonds. The second-order valence-electron chi connectivity index (χ2n) is 7.30.